The van der Waals surface area contributed by atoms with Gasteiger partial charge in [0.25, 0.3) is 0 Å². The minimum Gasteiger partial charge on any atom is -0.377 e. The molecule has 0 fully saturated rings. The van der Waals surface area contributed by atoms with Crippen molar-refractivity contribution in [2.45, 2.75) is 13.0 Å². The normalized spacial score (nSPS) is 13.0. The lowest BCUT2D eigenvalue weighted by atomic mass is 10.1. The summed E-state index contributed by atoms with van der Waals surface area (Å²) in [6.07, 6.45) is -0.208. The number of benzene rings is 1. The maximum Gasteiger partial charge on any atom is 0.159 e. The van der Waals surface area contributed by atoms with Crippen molar-refractivity contribution in [1.29, 1.82) is 0 Å². The number of hydrogen-bond donors (Lipinski definition) is 0. The van der Waals surface area contributed by atoms with Gasteiger partial charge in [0.1, 0.15) is 0 Å². The summed E-state index contributed by atoms with van der Waals surface area (Å²) in [5.41, 5.74) is 0.636. The molecule has 0 aliphatic carbocycles. The van der Waals surface area contributed by atoms with Crippen molar-refractivity contribution in [3.8, 4) is 0 Å². The van der Waals surface area contributed by atoms with Crippen molar-refractivity contribution in [2.24, 2.45) is 0 Å². The first-order valence-corrected chi connectivity index (χ1v) is 3.63. The highest BCUT2D eigenvalue weighted by molar-refractivity contribution is 5.19. The van der Waals surface area contributed by atoms with Gasteiger partial charge in [0.2, 0.25) is 0 Å². The van der Waals surface area contributed by atoms with Gasteiger partial charge in [-0.15, -0.1) is 0 Å². The molecule has 12 heavy (non-hydrogen) atoms. The minimum absolute atomic E-state index is 0.208. The topological polar surface area (TPSA) is 9.23 Å². The second-order valence-electron chi connectivity index (χ2n) is 2.55. The average Bonchev–Trinajstić information content (AvgIpc) is 2.08. The zero-order valence-electron chi connectivity index (χ0n) is 6.97. The van der Waals surface area contributed by atoms with E-state index in [1.165, 1.54) is 13.2 Å². The van der Waals surface area contributed by atoms with Gasteiger partial charge in [-0.2, -0.15) is 0 Å². The van der Waals surface area contributed by atoms with Crippen molar-refractivity contribution >= 4 is 0 Å². The molecule has 0 radical (unpaired) electrons. The first-order chi connectivity index (χ1) is 5.65. The Morgan fingerprint density at radius 1 is 1.25 bits per heavy atom. The molecular formula is C9H10F2O. The fourth-order valence-electron chi connectivity index (χ4n) is 0.901. The molecule has 0 aliphatic rings. The quantitative estimate of drug-likeness (QED) is 0.666. The summed E-state index contributed by atoms with van der Waals surface area (Å²) >= 11 is 0. The summed E-state index contributed by atoms with van der Waals surface area (Å²) < 4.78 is 30.0. The van der Waals surface area contributed by atoms with E-state index in [2.05, 4.69) is 0 Å². The third-order valence-corrected chi connectivity index (χ3v) is 1.77. The van der Waals surface area contributed by atoms with Gasteiger partial charge in [0, 0.05) is 7.11 Å². The lowest BCUT2D eigenvalue weighted by Gasteiger charge is -2.09. The first kappa shape index (κ1) is 9.13. The van der Waals surface area contributed by atoms with Gasteiger partial charge in [-0.1, -0.05) is 6.07 Å². The molecule has 0 heterocycles. The van der Waals surface area contributed by atoms with E-state index in [-0.39, 0.29) is 6.10 Å². The van der Waals surface area contributed by atoms with Crippen LogP contribution in [0.25, 0.3) is 0 Å². The molecule has 0 aromatic heterocycles. The standard InChI is InChI=1S/C9H10F2O/c1-6(12-2)7-3-4-8(10)9(11)5-7/h3-6H,1-2H3. The van der Waals surface area contributed by atoms with Gasteiger partial charge in [-0.05, 0) is 24.6 Å². The third kappa shape index (κ3) is 1.80. The Kier molecular flexibility index (Phi) is 2.76. The SMILES string of the molecule is COC(C)c1ccc(F)c(F)c1. The Morgan fingerprint density at radius 3 is 2.42 bits per heavy atom. The van der Waals surface area contributed by atoms with Gasteiger partial charge in [0.05, 0.1) is 6.10 Å². The first-order valence-electron chi connectivity index (χ1n) is 3.63. The van der Waals surface area contributed by atoms with E-state index in [0.29, 0.717) is 5.56 Å². The zero-order chi connectivity index (χ0) is 9.14. The summed E-state index contributed by atoms with van der Waals surface area (Å²) in [4.78, 5) is 0. The molecule has 1 nitrogen and oxygen atoms in total. The number of rotatable bonds is 2. The van der Waals surface area contributed by atoms with Crippen LogP contribution in [0.2, 0.25) is 0 Å². The molecule has 0 bridgehead atoms. The van der Waals surface area contributed by atoms with E-state index >= 15 is 0 Å². The number of hydrogen-bond acceptors (Lipinski definition) is 1. The van der Waals surface area contributed by atoms with Crippen LogP contribution in [0, 0.1) is 11.6 Å². The van der Waals surface area contributed by atoms with Crippen molar-refractivity contribution < 1.29 is 13.5 Å². The van der Waals surface area contributed by atoms with E-state index < -0.39 is 11.6 Å². The molecular weight excluding hydrogens is 162 g/mol. The lowest BCUT2D eigenvalue weighted by molar-refractivity contribution is 0.119. The number of halogens is 2. The van der Waals surface area contributed by atoms with Gasteiger partial charge >= 0.3 is 0 Å². The Morgan fingerprint density at radius 2 is 1.92 bits per heavy atom. The Labute approximate surface area is 70.0 Å². The largest absolute Gasteiger partial charge is 0.377 e. The van der Waals surface area contributed by atoms with E-state index in [1.807, 2.05) is 0 Å². The molecule has 1 unspecified atom stereocenters. The van der Waals surface area contributed by atoms with Crippen LogP contribution in [0.5, 0.6) is 0 Å². The Balaban J connectivity index is 2.96. The molecule has 0 amide bonds. The molecule has 1 aromatic carbocycles. The second-order valence-corrected chi connectivity index (χ2v) is 2.55. The molecule has 0 saturated carbocycles. The molecule has 1 atom stereocenters. The molecule has 0 N–H and O–H groups in total. The predicted molar refractivity (Wildman–Crippen MR) is 41.8 cm³/mol. The minimum atomic E-state index is -0.837. The zero-order valence-corrected chi connectivity index (χ0v) is 6.97. The van der Waals surface area contributed by atoms with Crippen LogP contribution < -0.4 is 0 Å². The maximum absolute atomic E-state index is 12.6. The summed E-state index contributed by atoms with van der Waals surface area (Å²) in [6.45, 7) is 1.77. The van der Waals surface area contributed by atoms with Crippen molar-refractivity contribution in [3.63, 3.8) is 0 Å². The van der Waals surface area contributed by atoms with Crippen LogP contribution in [0.3, 0.4) is 0 Å². The van der Waals surface area contributed by atoms with E-state index in [0.717, 1.165) is 12.1 Å². The second kappa shape index (κ2) is 3.63. The van der Waals surface area contributed by atoms with Crippen LogP contribution in [0.4, 0.5) is 8.78 Å². The fourth-order valence-corrected chi connectivity index (χ4v) is 0.901. The van der Waals surface area contributed by atoms with Crippen LogP contribution >= 0.6 is 0 Å². The van der Waals surface area contributed by atoms with E-state index in [1.54, 1.807) is 6.92 Å². The average molecular weight is 172 g/mol. The summed E-state index contributed by atoms with van der Waals surface area (Å²) in [5.74, 6) is -1.67. The van der Waals surface area contributed by atoms with Gasteiger partial charge < -0.3 is 4.74 Å². The highest BCUT2D eigenvalue weighted by Crippen LogP contribution is 2.17. The molecule has 66 valence electrons. The van der Waals surface area contributed by atoms with Crippen LogP contribution in [-0.4, -0.2) is 7.11 Å². The van der Waals surface area contributed by atoms with Crippen molar-refractivity contribution in [1.82, 2.24) is 0 Å². The van der Waals surface area contributed by atoms with Crippen LogP contribution in [0.15, 0.2) is 18.2 Å². The predicted octanol–water partition coefficient (Wildman–Crippen LogP) is 2.67. The Bertz CT molecular complexity index is 273. The van der Waals surface area contributed by atoms with E-state index in [4.69, 9.17) is 4.74 Å². The highest BCUT2D eigenvalue weighted by atomic mass is 19.2. The van der Waals surface area contributed by atoms with Crippen LogP contribution in [0.1, 0.15) is 18.6 Å². The molecule has 0 aliphatic heterocycles. The summed E-state index contributed by atoms with van der Waals surface area (Å²) in [7, 11) is 1.52. The summed E-state index contributed by atoms with van der Waals surface area (Å²) in [5, 5.41) is 0. The van der Waals surface area contributed by atoms with Crippen molar-refractivity contribution in [2.75, 3.05) is 7.11 Å². The molecule has 3 heteroatoms. The van der Waals surface area contributed by atoms with E-state index in [9.17, 15) is 8.78 Å². The Hall–Kier alpha value is -0.960. The molecule has 1 aromatic rings. The number of methoxy groups -OCH3 is 1. The highest BCUT2D eigenvalue weighted by Gasteiger charge is 2.07. The monoisotopic (exact) mass is 172 g/mol. The summed E-state index contributed by atoms with van der Waals surface area (Å²) in [6, 6.07) is 3.75. The molecule has 0 spiro atoms. The molecule has 1 rings (SSSR count). The van der Waals surface area contributed by atoms with Crippen molar-refractivity contribution in [3.05, 3.63) is 35.4 Å². The smallest absolute Gasteiger partial charge is 0.159 e. The van der Waals surface area contributed by atoms with Gasteiger partial charge in [-0.25, -0.2) is 8.78 Å². The van der Waals surface area contributed by atoms with Gasteiger partial charge in [0.15, 0.2) is 11.6 Å². The van der Waals surface area contributed by atoms with Crippen LogP contribution in [-0.2, 0) is 4.74 Å². The lowest BCUT2D eigenvalue weighted by Crippen LogP contribution is -1.97. The maximum atomic E-state index is 12.6. The fraction of sp³-hybridized carbons (Fsp3) is 0.333. The van der Waals surface area contributed by atoms with Gasteiger partial charge in [-0.3, -0.25) is 0 Å². The number of ether oxygens (including phenoxy) is 1. The molecule has 0 saturated heterocycles. The third-order valence-electron chi connectivity index (χ3n) is 1.77.